The number of nitrogens with one attached hydrogen (secondary N) is 1. The molecule has 2 amide bonds. The number of urea groups is 1. The van der Waals surface area contributed by atoms with Crippen LogP contribution in [0, 0.1) is 0 Å². The molecule has 1 N–H and O–H groups in total. The average molecular weight is 329 g/mol. The van der Waals surface area contributed by atoms with Gasteiger partial charge in [0, 0.05) is 36.7 Å². The Bertz CT molecular complexity index is 722. The number of carbonyl (C=O) groups excluding carboxylic acids is 1. The van der Waals surface area contributed by atoms with E-state index in [1.807, 2.05) is 40.9 Å². The molecule has 6 nitrogen and oxygen atoms in total. The van der Waals surface area contributed by atoms with Gasteiger partial charge in [0.05, 0.1) is 20.8 Å². The molecule has 0 aliphatic heterocycles. The lowest BCUT2D eigenvalue weighted by Crippen LogP contribution is -2.36. The number of aromatic nitrogens is 1. The molecule has 0 spiro atoms. The van der Waals surface area contributed by atoms with Gasteiger partial charge in [-0.15, -0.1) is 0 Å². The first kappa shape index (κ1) is 16.2. The fraction of sp³-hybridized carbons (Fsp3) is 0.389. The molecule has 1 heterocycles. The molecule has 1 fully saturated rings. The van der Waals surface area contributed by atoms with E-state index in [-0.39, 0.29) is 6.03 Å². The Morgan fingerprint density at radius 1 is 1.25 bits per heavy atom. The lowest BCUT2D eigenvalue weighted by molar-refractivity contribution is 0.205. The summed E-state index contributed by atoms with van der Waals surface area (Å²) in [6, 6.07) is 9.63. The van der Waals surface area contributed by atoms with E-state index in [1.54, 1.807) is 26.4 Å². The zero-order valence-electron chi connectivity index (χ0n) is 14.3. The zero-order valence-corrected chi connectivity index (χ0v) is 14.3. The van der Waals surface area contributed by atoms with Crippen molar-refractivity contribution in [1.29, 1.82) is 0 Å². The van der Waals surface area contributed by atoms with Gasteiger partial charge in [0.15, 0.2) is 11.5 Å². The number of ether oxygens (including phenoxy) is 2. The molecule has 6 heteroatoms. The second kappa shape index (κ2) is 6.86. The normalized spacial score (nSPS) is 13.5. The van der Waals surface area contributed by atoms with Crippen molar-refractivity contribution in [3.05, 3.63) is 42.2 Å². The summed E-state index contributed by atoms with van der Waals surface area (Å²) in [4.78, 5) is 14.6. The van der Waals surface area contributed by atoms with Crippen LogP contribution >= 0.6 is 0 Å². The number of amides is 2. The summed E-state index contributed by atoms with van der Waals surface area (Å²) >= 11 is 0. The molecule has 2 aromatic rings. The van der Waals surface area contributed by atoms with Crippen molar-refractivity contribution in [3.8, 4) is 11.5 Å². The monoisotopic (exact) mass is 329 g/mol. The van der Waals surface area contributed by atoms with Gasteiger partial charge in [-0.1, -0.05) is 0 Å². The molecule has 1 aromatic heterocycles. The first-order valence-electron chi connectivity index (χ1n) is 8.02. The molecule has 128 valence electrons. The van der Waals surface area contributed by atoms with Gasteiger partial charge < -0.3 is 24.3 Å². The predicted octanol–water partition coefficient (Wildman–Crippen LogP) is 3.24. The van der Waals surface area contributed by atoms with Crippen LogP contribution in [0.2, 0.25) is 0 Å². The summed E-state index contributed by atoms with van der Waals surface area (Å²) < 4.78 is 12.6. The van der Waals surface area contributed by atoms with E-state index < -0.39 is 0 Å². The number of methoxy groups -OCH3 is 2. The first-order chi connectivity index (χ1) is 11.6. The Labute approximate surface area is 142 Å². The minimum absolute atomic E-state index is 0.0917. The lowest BCUT2D eigenvalue weighted by Gasteiger charge is -2.23. The second-order valence-electron chi connectivity index (χ2n) is 5.97. The smallest absolute Gasteiger partial charge is 0.322 e. The third-order valence-electron chi connectivity index (χ3n) is 4.27. The van der Waals surface area contributed by atoms with E-state index in [2.05, 4.69) is 5.32 Å². The number of nitrogens with zero attached hydrogens (tertiary/aromatic N) is 2. The quantitative estimate of drug-likeness (QED) is 0.885. The van der Waals surface area contributed by atoms with Crippen LogP contribution < -0.4 is 14.8 Å². The van der Waals surface area contributed by atoms with Gasteiger partial charge in [-0.2, -0.15) is 0 Å². The Morgan fingerprint density at radius 2 is 2.00 bits per heavy atom. The zero-order chi connectivity index (χ0) is 17.1. The van der Waals surface area contributed by atoms with Crippen LogP contribution in [-0.2, 0) is 13.6 Å². The number of hydrogen-bond donors (Lipinski definition) is 1. The Kier molecular flexibility index (Phi) is 4.64. The van der Waals surface area contributed by atoms with Gasteiger partial charge in [0.2, 0.25) is 0 Å². The largest absolute Gasteiger partial charge is 0.493 e. The van der Waals surface area contributed by atoms with E-state index in [4.69, 9.17) is 9.47 Å². The van der Waals surface area contributed by atoms with Crippen LogP contribution in [0.25, 0.3) is 0 Å². The number of carbonyl (C=O) groups is 1. The van der Waals surface area contributed by atoms with Gasteiger partial charge in [-0.25, -0.2) is 4.79 Å². The molecule has 0 saturated heterocycles. The highest BCUT2D eigenvalue weighted by Gasteiger charge is 2.33. The number of hydrogen-bond acceptors (Lipinski definition) is 3. The van der Waals surface area contributed by atoms with E-state index in [9.17, 15) is 4.79 Å². The van der Waals surface area contributed by atoms with E-state index >= 15 is 0 Å². The molecule has 0 unspecified atom stereocenters. The van der Waals surface area contributed by atoms with Crippen molar-refractivity contribution >= 4 is 11.7 Å². The Hall–Kier alpha value is -2.63. The highest BCUT2D eigenvalue weighted by atomic mass is 16.5. The van der Waals surface area contributed by atoms with Crippen LogP contribution in [-0.4, -0.2) is 35.8 Å². The van der Waals surface area contributed by atoms with Crippen molar-refractivity contribution in [2.45, 2.75) is 25.4 Å². The number of anilines is 1. The number of benzene rings is 1. The second-order valence-corrected chi connectivity index (χ2v) is 5.97. The molecule has 0 bridgehead atoms. The number of rotatable bonds is 6. The SMILES string of the molecule is COc1ccc(NC(=O)N(Cc2cccn2C)C2CC2)cc1OC. The minimum Gasteiger partial charge on any atom is -0.493 e. The molecule has 1 saturated carbocycles. The summed E-state index contributed by atoms with van der Waals surface area (Å²) in [5.41, 5.74) is 1.81. The van der Waals surface area contributed by atoms with E-state index in [0.717, 1.165) is 18.5 Å². The van der Waals surface area contributed by atoms with E-state index in [1.165, 1.54) is 0 Å². The van der Waals surface area contributed by atoms with Crippen LogP contribution in [0.3, 0.4) is 0 Å². The van der Waals surface area contributed by atoms with Crippen LogP contribution in [0.15, 0.2) is 36.5 Å². The predicted molar refractivity (Wildman–Crippen MR) is 92.5 cm³/mol. The van der Waals surface area contributed by atoms with Crippen molar-refractivity contribution in [2.24, 2.45) is 7.05 Å². The van der Waals surface area contributed by atoms with Crippen LogP contribution in [0.1, 0.15) is 18.5 Å². The van der Waals surface area contributed by atoms with Gasteiger partial charge >= 0.3 is 6.03 Å². The van der Waals surface area contributed by atoms with Crippen molar-refractivity contribution in [2.75, 3.05) is 19.5 Å². The molecule has 1 aliphatic rings. The summed E-state index contributed by atoms with van der Waals surface area (Å²) in [6.45, 7) is 0.604. The molecule has 3 rings (SSSR count). The van der Waals surface area contributed by atoms with Crippen molar-refractivity contribution in [1.82, 2.24) is 9.47 Å². The summed E-state index contributed by atoms with van der Waals surface area (Å²) in [5, 5.41) is 2.96. The molecular weight excluding hydrogens is 306 g/mol. The number of aryl methyl sites for hydroxylation is 1. The highest BCUT2D eigenvalue weighted by Crippen LogP contribution is 2.32. The topological polar surface area (TPSA) is 55.7 Å². The molecule has 1 aromatic carbocycles. The fourth-order valence-corrected chi connectivity index (χ4v) is 2.70. The lowest BCUT2D eigenvalue weighted by atomic mass is 10.2. The third kappa shape index (κ3) is 3.48. The fourth-order valence-electron chi connectivity index (χ4n) is 2.70. The van der Waals surface area contributed by atoms with Crippen LogP contribution in [0.4, 0.5) is 10.5 Å². The molecule has 1 aliphatic carbocycles. The summed E-state index contributed by atoms with van der Waals surface area (Å²) in [7, 11) is 5.16. The maximum absolute atomic E-state index is 12.7. The molecular formula is C18H23N3O3. The summed E-state index contributed by atoms with van der Waals surface area (Å²) in [5.74, 6) is 1.23. The van der Waals surface area contributed by atoms with Gasteiger partial charge in [-0.05, 0) is 37.1 Å². The Morgan fingerprint density at radius 3 is 2.58 bits per heavy atom. The van der Waals surface area contributed by atoms with Gasteiger partial charge in [0.25, 0.3) is 0 Å². The third-order valence-corrected chi connectivity index (χ3v) is 4.27. The van der Waals surface area contributed by atoms with Crippen molar-refractivity contribution < 1.29 is 14.3 Å². The molecule has 0 atom stereocenters. The average Bonchev–Trinajstić information content (AvgIpc) is 3.35. The standard InChI is InChI=1S/C18H23N3O3/c1-20-10-4-5-15(20)12-21(14-7-8-14)18(22)19-13-6-9-16(23-2)17(11-13)24-3/h4-6,9-11,14H,7-8,12H2,1-3H3,(H,19,22). The molecule has 24 heavy (non-hydrogen) atoms. The highest BCUT2D eigenvalue weighted by molar-refractivity contribution is 5.90. The maximum Gasteiger partial charge on any atom is 0.322 e. The maximum atomic E-state index is 12.7. The molecule has 0 radical (unpaired) electrons. The van der Waals surface area contributed by atoms with Gasteiger partial charge in [-0.3, -0.25) is 0 Å². The summed E-state index contributed by atoms with van der Waals surface area (Å²) in [6.07, 6.45) is 4.11. The van der Waals surface area contributed by atoms with Crippen LogP contribution in [0.5, 0.6) is 11.5 Å². The first-order valence-corrected chi connectivity index (χ1v) is 8.02. The Balaban J connectivity index is 1.73. The van der Waals surface area contributed by atoms with E-state index in [0.29, 0.717) is 29.8 Å². The van der Waals surface area contributed by atoms with Gasteiger partial charge in [0.1, 0.15) is 0 Å². The minimum atomic E-state index is -0.0917. The van der Waals surface area contributed by atoms with Crippen molar-refractivity contribution in [3.63, 3.8) is 0 Å².